The molecule has 5 aliphatic rings. The maximum absolute atomic E-state index is 15.6. The molecule has 7 nitrogen and oxygen atoms in total. The Morgan fingerprint density at radius 3 is 2.43 bits per heavy atom. The van der Waals surface area contributed by atoms with Crippen LogP contribution in [0.3, 0.4) is 0 Å². The van der Waals surface area contributed by atoms with Crippen molar-refractivity contribution in [1.29, 1.82) is 0 Å². The predicted molar refractivity (Wildman–Crippen MR) is 163 cm³/mol. The van der Waals surface area contributed by atoms with Gasteiger partial charge in [0.25, 0.3) is 0 Å². The van der Waals surface area contributed by atoms with Crippen LogP contribution < -0.4 is 10.6 Å². The number of anilines is 1. The van der Waals surface area contributed by atoms with E-state index in [0.717, 1.165) is 101 Å². The Hall–Kier alpha value is -2.19. The molecular formula is C34H51FN4O3. The van der Waals surface area contributed by atoms with Crippen LogP contribution in [0.2, 0.25) is 0 Å². The molecule has 1 aromatic carbocycles. The van der Waals surface area contributed by atoms with E-state index in [2.05, 4.69) is 15.5 Å². The minimum Gasteiger partial charge on any atom is -0.380 e. The van der Waals surface area contributed by atoms with Crippen molar-refractivity contribution in [2.24, 2.45) is 5.92 Å². The molecule has 42 heavy (non-hydrogen) atoms. The highest BCUT2D eigenvalue weighted by molar-refractivity contribution is 5.91. The highest BCUT2D eigenvalue weighted by Gasteiger charge is 2.52. The molecule has 2 amide bonds. The van der Waals surface area contributed by atoms with E-state index >= 15 is 4.39 Å². The first-order valence-corrected chi connectivity index (χ1v) is 16.8. The first kappa shape index (κ1) is 29.9. The number of halogens is 1. The molecule has 0 bridgehead atoms. The van der Waals surface area contributed by atoms with Crippen LogP contribution >= 0.6 is 0 Å². The molecule has 6 rings (SSSR count). The van der Waals surface area contributed by atoms with E-state index in [1.807, 2.05) is 24.9 Å². The zero-order chi connectivity index (χ0) is 29.3. The summed E-state index contributed by atoms with van der Waals surface area (Å²) in [6.07, 6.45) is 14.9. The van der Waals surface area contributed by atoms with Crippen molar-refractivity contribution in [2.75, 3.05) is 38.7 Å². The molecule has 3 heterocycles. The lowest BCUT2D eigenvalue weighted by Gasteiger charge is -2.39. The SMILES string of the molecule is Cc1ccc(F)c2c1NC(C(=O)N[C@@H]1CCC[C@@H](N3CCC(N(C)C(=O)C4COC4)C3)C1)C21CCCCCCCCC1. The number of rotatable bonds is 5. The number of nitrogens with zero attached hydrogens (tertiary/aromatic N) is 2. The average molecular weight is 583 g/mol. The highest BCUT2D eigenvalue weighted by atomic mass is 19.1. The number of nitrogens with one attached hydrogen (secondary N) is 2. The number of hydrogen-bond acceptors (Lipinski definition) is 5. The summed E-state index contributed by atoms with van der Waals surface area (Å²) in [4.78, 5) is 31.5. The third-order valence-corrected chi connectivity index (χ3v) is 11.3. The van der Waals surface area contributed by atoms with Gasteiger partial charge in [-0.3, -0.25) is 14.5 Å². The Morgan fingerprint density at radius 1 is 1.02 bits per heavy atom. The number of aryl methyl sites for hydroxylation is 1. The fourth-order valence-corrected chi connectivity index (χ4v) is 8.70. The van der Waals surface area contributed by atoms with Crippen molar-refractivity contribution in [3.05, 3.63) is 29.1 Å². The monoisotopic (exact) mass is 582 g/mol. The van der Waals surface area contributed by atoms with Crippen molar-refractivity contribution in [1.82, 2.24) is 15.1 Å². The van der Waals surface area contributed by atoms with Crippen molar-refractivity contribution in [2.45, 2.75) is 126 Å². The van der Waals surface area contributed by atoms with Crippen LogP contribution in [-0.2, 0) is 19.7 Å². The van der Waals surface area contributed by atoms with Gasteiger partial charge in [0, 0.05) is 54.9 Å². The molecule has 4 atom stereocenters. The second-order valence-electron chi connectivity index (χ2n) is 14.0. The van der Waals surface area contributed by atoms with Crippen LogP contribution in [0, 0.1) is 18.7 Å². The average Bonchev–Trinajstić information content (AvgIpc) is 3.58. The lowest BCUT2D eigenvalue weighted by molar-refractivity contribution is -0.150. The van der Waals surface area contributed by atoms with Gasteiger partial charge in [0.2, 0.25) is 11.8 Å². The number of fused-ring (bicyclic) bond motifs is 2. The minimum atomic E-state index is -0.494. The van der Waals surface area contributed by atoms with E-state index < -0.39 is 11.5 Å². The lowest BCUT2D eigenvalue weighted by Crippen LogP contribution is -2.54. The molecule has 232 valence electrons. The molecule has 3 aliphatic heterocycles. The Bertz CT molecular complexity index is 1130. The molecule has 2 saturated carbocycles. The number of carbonyl (C=O) groups excluding carboxylic acids is 2. The van der Waals surface area contributed by atoms with Crippen LogP contribution in [-0.4, -0.2) is 79.1 Å². The summed E-state index contributed by atoms with van der Waals surface area (Å²) in [5.74, 6) is 0.124. The summed E-state index contributed by atoms with van der Waals surface area (Å²) >= 11 is 0. The van der Waals surface area contributed by atoms with E-state index in [-0.39, 0.29) is 35.6 Å². The third-order valence-electron chi connectivity index (χ3n) is 11.3. The van der Waals surface area contributed by atoms with E-state index in [4.69, 9.17) is 4.74 Å². The molecule has 1 spiro atoms. The number of likely N-dealkylation sites (N-methyl/N-ethyl adjacent to an activating group) is 1. The molecule has 0 radical (unpaired) electrons. The maximum atomic E-state index is 15.6. The van der Waals surface area contributed by atoms with E-state index in [9.17, 15) is 9.59 Å². The number of hydrogen-bond donors (Lipinski definition) is 2. The Balaban J connectivity index is 1.13. The van der Waals surface area contributed by atoms with Crippen LogP contribution in [0.4, 0.5) is 10.1 Å². The second-order valence-corrected chi connectivity index (χ2v) is 14.0. The molecule has 1 aromatic rings. The van der Waals surface area contributed by atoms with Crippen molar-refractivity contribution < 1.29 is 18.7 Å². The molecule has 2 aliphatic carbocycles. The molecule has 8 heteroatoms. The maximum Gasteiger partial charge on any atom is 0.243 e. The van der Waals surface area contributed by atoms with Gasteiger partial charge >= 0.3 is 0 Å². The number of ether oxygens (including phenoxy) is 1. The van der Waals surface area contributed by atoms with Gasteiger partial charge in [0.05, 0.1) is 19.1 Å². The summed E-state index contributed by atoms with van der Waals surface area (Å²) < 4.78 is 20.9. The van der Waals surface area contributed by atoms with Crippen LogP contribution in [0.25, 0.3) is 0 Å². The zero-order valence-corrected chi connectivity index (χ0v) is 25.8. The van der Waals surface area contributed by atoms with Crippen molar-refractivity contribution >= 4 is 17.5 Å². The summed E-state index contributed by atoms with van der Waals surface area (Å²) in [5, 5.41) is 7.06. The van der Waals surface area contributed by atoms with Gasteiger partial charge in [-0.2, -0.15) is 0 Å². The Morgan fingerprint density at radius 2 is 1.74 bits per heavy atom. The van der Waals surface area contributed by atoms with E-state index in [0.29, 0.717) is 19.3 Å². The van der Waals surface area contributed by atoms with Crippen LogP contribution in [0.5, 0.6) is 0 Å². The number of carbonyl (C=O) groups is 2. The number of amides is 2. The van der Waals surface area contributed by atoms with Gasteiger partial charge in [-0.15, -0.1) is 0 Å². The highest BCUT2D eigenvalue weighted by Crippen LogP contribution is 2.51. The summed E-state index contributed by atoms with van der Waals surface area (Å²) in [7, 11) is 1.95. The first-order chi connectivity index (χ1) is 20.4. The lowest BCUT2D eigenvalue weighted by atomic mass is 9.68. The summed E-state index contributed by atoms with van der Waals surface area (Å²) in [6, 6.07) is 3.80. The number of benzene rings is 1. The fraction of sp³-hybridized carbons (Fsp3) is 0.765. The third kappa shape index (κ3) is 5.82. The standard InChI is InChI=1S/C34H51FN4O3/c1-23-13-14-28(35)29-30(23)37-31(34(29)16-8-6-4-3-5-7-9-17-34)32(40)36-25-11-10-12-26(19-25)39-18-15-27(20-39)38(2)33(41)24-21-42-22-24/h13-14,24-27,31,37H,3-12,15-22H2,1-2H3,(H,36,40)/t25-,26-,27?,31?/m1/s1. The summed E-state index contributed by atoms with van der Waals surface area (Å²) in [5.41, 5.74) is 2.14. The van der Waals surface area contributed by atoms with Crippen LogP contribution in [0.15, 0.2) is 12.1 Å². The smallest absolute Gasteiger partial charge is 0.243 e. The van der Waals surface area contributed by atoms with E-state index in [1.165, 1.54) is 19.3 Å². The molecule has 2 unspecified atom stereocenters. The summed E-state index contributed by atoms with van der Waals surface area (Å²) in [6.45, 7) is 5.04. The largest absolute Gasteiger partial charge is 0.380 e. The second kappa shape index (κ2) is 12.8. The van der Waals surface area contributed by atoms with Crippen molar-refractivity contribution in [3.63, 3.8) is 0 Å². The predicted octanol–water partition coefficient (Wildman–Crippen LogP) is 5.30. The number of likely N-dealkylation sites (tertiary alicyclic amines) is 1. The fourth-order valence-electron chi connectivity index (χ4n) is 8.70. The van der Waals surface area contributed by atoms with Gasteiger partial charge in [0.15, 0.2) is 0 Å². The van der Waals surface area contributed by atoms with E-state index in [1.54, 1.807) is 6.07 Å². The topological polar surface area (TPSA) is 73.9 Å². The van der Waals surface area contributed by atoms with Gasteiger partial charge in [-0.1, -0.05) is 51.0 Å². The Kier molecular flexibility index (Phi) is 9.11. The quantitative estimate of drug-likeness (QED) is 0.493. The van der Waals surface area contributed by atoms with Gasteiger partial charge in [-0.25, -0.2) is 4.39 Å². The molecular weight excluding hydrogens is 531 g/mol. The van der Waals surface area contributed by atoms with Gasteiger partial charge in [0.1, 0.15) is 11.9 Å². The Labute approximate surface area is 251 Å². The first-order valence-electron chi connectivity index (χ1n) is 16.8. The zero-order valence-electron chi connectivity index (χ0n) is 25.8. The van der Waals surface area contributed by atoms with Gasteiger partial charge in [-0.05, 0) is 63.5 Å². The molecule has 2 saturated heterocycles. The van der Waals surface area contributed by atoms with Crippen molar-refractivity contribution in [3.8, 4) is 0 Å². The minimum absolute atomic E-state index is 0.0286. The normalized spacial score (nSPS) is 30.3. The van der Waals surface area contributed by atoms with Gasteiger partial charge < -0.3 is 20.3 Å². The molecule has 0 aromatic heterocycles. The van der Waals surface area contributed by atoms with Crippen LogP contribution in [0.1, 0.15) is 101 Å². The molecule has 4 fully saturated rings. The molecule has 2 N–H and O–H groups in total.